The fourth-order valence-corrected chi connectivity index (χ4v) is 2.59. The van der Waals surface area contributed by atoms with Gasteiger partial charge in [0.05, 0.1) is 17.3 Å². The van der Waals surface area contributed by atoms with Crippen LogP contribution in [-0.2, 0) is 4.74 Å². The van der Waals surface area contributed by atoms with Gasteiger partial charge in [0.2, 0.25) is 0 Å². The zero-order valence-corrected chi connectivity index (χ0v) is 8.13. The van der Waals surface area contributed by atoms with Gasteiger partial charge in [-0.05, 0) is 25.7 Å². The Kier molecular flexibility index (Phi) is 1.59. The van der Waals surface area contributed by atoms with Gasteiger partial charge in [-0.1, -0.05) is 13.8 Å². The molecule has 2 aliphatic rings. The summed E-state index contributed by atoms with van der Waals surface area (Å²) in [7, 11) is 0. The van der Waals surface area contributed by atoms with Crippen molar-refractivity contribution in [2.24, 2.45) is 5.92 Å². The predicted octanol–water partition coefficient (Wildman–Crippen LogP) is 1.71. The summed E-state index contributed by atoms with van der Waals surface area (Å²) in [6.45, 7) is 6.41. The third-order valence-corrected chi connectivity index (χ3v) is 3.78. The first kappa shape index (κ1) is 8.52. The number of hydrogen-bond donors (Lipinski definition) is 1. The van der Waals surface area contributed by atoms with Crippen LogP contribution in [0.25, 0.3) is 0 Å². The normalized spacial score (nSPS) is 52.2. The quantitative estimate of drug-likeness (QED) is 0.649. The van der Waals surface area contributed by atoms with Crippen molar-refractivity contribution in [1.82, 2.24) is 0 Å². The van der Waals surface area contributed by atoms with Gasteiger partial charge in [0, 0.05) is 6.42 Å². The fourth-order valence-electron chi connectivity index (χ4n) is 2.59. The van der Waals surface area contributed by atoms with E-state index in [4.69, 9.17) is 4.74 Å². The molecule has 2 heteroatoms. The molecule has 0 spiro atoms. The van der Waals surface area contributed by atoms with Crippen molar-refractivity contribution in [3.8, 4) is 0 Å². The van der Waals surface area contributed by atoms with E-state index in [1.54, 1.807) is 0 Å². The highest BCUT2D eigenvalue weighted by Crippen LogP contribution is 2.53. The molecule has 2 aliphatic heterocycles. The van der Waals surface area contributed by atoms with Crippen molar-refractivity contribution in [2.45, 2.75) is 57.3 Å². The van der Waals surface area contributed by atoms with Gasteiger partial charge < -0.3 is 9.84 Å². The van der Waals surface area contributed by atoms with Crippen LogP contribution in [0, 0.1) is 5.92 Å². The largest absolute Gasteiger partial charge is 0.390 e. The minimum atomic E-state index is -0.242. The lowest BCUT2D eigenvalue weighted by Crippen LogP contribution is -2.36. The summed E-state index contributed by atoms with van der Waals surface area (Å²) in [4.78, 5) is 0. The van der Waals surface area contributed by atoms with Gasteiger partial charge in [0.15, 0.2) is 0 Å². The molecule has 2 bridgehead atoms. The Morgan fingerprint density at radius 3 is 2.33 bits per heavy atom. The minimum Gasteiger partial charge on any atom is -0.390 e. The van der Waals surface area contributed by atoms with Crippen LogP contribution in [0.3, 0.4) is 0 Å². The standard InChI is InChI=1S/C10H18O2/c1-7(2)10-5-4-9(3,12-10)8(11)6-10/h7-8,11H,4-6H2,1-3H3/t8-,9-,10+/m1/s1. The summed E-state index contributed by atoms with van der Waals surface area (Å²) in [6.07, 6.45) is 2.74. The molecule has 2 saturated heterocycles. The number of aliphatic hydroxyl groups excluding tert-OH is 1. The van der Waals surface area contributed by atoms with Crippen molar-refractivity contribution in [2.75, 3.05) is 0 Å². The maximum atomic E-state index is 9.77. The summed E-state index contributed by atoms with van der Waals surface area (Å²) < 4.78 is 5.97. The third kappa shape index (κ3) is 0.882. The summed E-state index contributed by atoms with van der Waals surface area (Å²) in [6, 6.07) is 0. The van der Waals surface area contributed by atoms with Gasteiger partial charge in [-0.15, -0.1) is 0 Å². The molecule has 2 fully saturated rings. The molecule has 0 amide bonds. The predicted molar refractivity (Wildman–Crippen MR) is 46.9 cm³/mol. The van der Waals surface area contributed by atoms with Gasteiger partial charge in [-0.2, -0.15) is 0 Å². The first-order valence-electron chi connectivity index (χ1n) is 4.87. The van der Waals surface area contributed by atoms with Gasteiger partial charge in [-0.3, -0.25) is 0 Å². The molecular formula is C10H18O2. The smallest absolute Gasteiger partial charge is 0.0922 e. The van der Waals surface area contributed by atoms with Crippen molar-refractivity contribution in [1.29, 1.82) is 0 Å². The Labute approximate surface area is 73.9 Å². The van der Waals surface area contributed by atoms with Crippen molar-refractivity contribution >= 4 is 0 Å². The maximum Gasteiger partial charge on any atom is 0.0922 e. The lowest BCUT2D eigenvalue weighted by Gasteiger charge is -2.29. The van der Waals surface area contributed by atoms with E-state index in [-0.39, 0.29) is 17.3 Å². The van der Waals surface area contributed by atoms with E-state index in [0.717, 1.165) is 19.3 Å². The highest BCUT2D eigenvalue weighted by molar-refractivity contribution is 5.09. The van der Waals surface area contributed by atoms with Gasteiger partial charge >= 0.3 is 0 Å². The van der Waals surface area contributed by atoms with E-state index in [2.05, 4.69) is 13.8 Å². The van der Waals surface area contributed by atoms with Crippen LogP contribution in [0.2, 0.25) is 0 Å². The average molecular weight is 170 g/mol. The van der Waals surface area contributed by atoms with Gasteiger partial charge in [0.25, 0.3) is 0 Å². The first-order chi connectivity index (χ1) is 5.49. The molecule has 0 unspecified atom stereocenters. The lowest BCUT2D eigenvalue weighted by atomic mass is 9.76. The van der Waals surface area contributed by atoms with Crippen LogP contribution >= 0.6 is 0 Å². The number of hydrogen-bond acceptors (Lipinski definition) is 2. The van der Waals surface area contributed by atoms with E-state index >= 15 is 0 Å². The highest BCUT2D eigenvalue weighted by atomic mass is 16.6. The Hall–Kier alpha value is -0.0800. The fraction of sp³-hybridized carbons (Fsp3) is 1.00. The van der Waals surface area contributed by atoms with Crippen LogP contribution in [0.4, 0.5) is 0 Å². The van der Waals surface area contributed by atoms with E-state index in [9.17, 15) is 5.11 Å². The van der Waals surface area contributed by atoms with Crippen molar-refractivity contribution in [3.05, 3.63) is 0 Å². The van der Waals surface area contributed by atoms with Crippen LogP contribution < -0.4 is 0 Å². The molecule has 0 radical (unpaired) electrons. The molecule has 2 nitrogen and oxygen atoms in total. The van der Waals surface area contributed by atoms with Crippen LogP contribution in [0.5, 0.6) is 0 Å². The Bertz CT molecular complexity index is 202. The summed E-state index contributed by atoms with van der Waals surface area (Å²) >= 11 is 0. The topological polar surface area (TPSA) is 29.5 Å². The summed E-state index contributed by atoms with van der Waals surface area (Å²) in [5.74, 6) is 0.525. The van der Waals surface area contributed by atoms with Gasteiger partial charge in [-0.25, -0.2) is 0 Å². The lowest BCUT2D eigenvalue weighted by molar-refractivity contribution is -0.0801. The average Bonchev–Trinajstić information content (AvgIpc) is 2.41. The van der Waals surface area contributed by atoms with E-state index in [1.165, 1.54) is 0 Å². The SMILES string of the molecule is CC(C)[C@@]12CC[C@@](C)(O1)[C@H](O)C2. The summed E-state index contributed by atoms with van der Waals surface area (Å²) in [5, 5.41) is 9.77. The molecule has 70 valence electrons. The second-order valence-corrected chi connectivity index (χ2v) is 4.85. The zero-order valence-electron chi connectivity index (χ0n) is 8.13. The van der Waals surface area contributed by atoms with Crippen molar-refractivity contribution in [3.63, 3.8) is 0 Å². The molecule has 0 aromatic rings. The van der Waals surface area contributed by atoms with Crippen LogP contribution in [0.1, 0.15) is 40.0 Å². The molecule has 2 heterocycles. The molecule has 0 aromatic heterocycles. The first-order valence-corrected chi connectivity index (χ1v) is 4.87. The minimum absolute atomic E-state index is 0.00579. The maximum absolute atomic E-state index is 9.77. The molecule has 2 rings (SSSR count). The van der Waals surface area contributed by atoms with Crippen molar-refractivity contribution < 1.29 is 9.84 Å². The Balaban J connectivity index is 2.25. The monoisotopic (exact) mass is 170 g/mol. The second-order valence-electron chi connectivity index (χ2n) is 4.85. The summed E-state index contributed by atoms with van der Waals surface area (Å²) in [5.41, 5.74) is -0.238. The Morgan fingerprint density at radius 1 is 1.42 bits per heavy atom. The van der Waals surface area contributed by atoms with Gasteiger partial charge in [0.1, 0.15) is 0 Å². The van der Waals surface area contributed by atoms with E-state index in [0.29, 0.717) is 5.92 Å². The number of ether oxygens (including phenoxy) is 1. The van der Waals surface area contributed by atoms with E-state index < -0.39 is 0 Å². The van der Waals surface area contributed by atoms with Crippen LogP contribution in [0.15, 0.2) is 0 Å². The highest BCUT2D eigenvalue weighted by Gasteiger charge is 2.59. The Morgan fingerprint density at radius 2 is 2.08 bits per heavy atom. The molecule has 12 heavy (non-hydrogen) atoms. The molecule has 3 atom stereocenters. The molecule has 0 saturated carbocycles. The molecule has 1 N–H and O–H groups in total. The van der Waals surface area contributed by atoms with E-state index in [1.807, 2.05) is 6.92 Å². The number of aliphatic hydroxyl groups is 1. The molecular weight excluding hydrogens is 152 g/mol. The number of rotatable bonds is 1. The number of fused-ring (bicyclic) bond motifs is 2. The molecule has 0 aliphatic carbocycles. The second kappa shape index (κ2) is 2.24. The third-order valence-electron chi connectivity index (χ3n) is 3.78. The molecule has 0 aromatic carbocycles. The zero-order chi connectivity index (χ0) is 8.98. The van der Waals surface area contributed by atoms with Crippen LogP contribution in [-0.4, -0.2) is 22.4 Å².